The van der Waals surface area contributed by atoms with Crippen LogP contribution in [-0.4, -0.2) is 9.13 Å². The molecule has 0 saturated heterocycles. The van der Waals surface area contributed by atoms with E-state index < -0.39 is 0 Å². The summed E-state index contributed by atoms with van der Waals surface area (Å²) in [4.78, 5) is 0. The standard InChI is InChI=1S/C22H28N4/c1-5-23-7-9-25(17-23)15-21-12-20(11-19(3)4)13-22(14-21)16-26-10-8-24(6-2)18-26/h5-10,12-14,17-19H,1-2,11,15-16H2,3-4H3/q+2. The van der Waals surface area contributed by atoms with Crippen LogP contribution < -0.4 is 9.13 Å². The van der Waals surface area contributed by atoms with E-state index in [0.29, 0.717) is 5.92 Å². The zero-order valence-electron chi connectivity index (χ0n) is 15.8. The predicted octanol–water partition coefficient (Wildman–Crippen LogP) is 3.36. The minimum absolute atomic E-state index is 0.641. The molecule has 0 atom stereocenters. The van der Waals surface area contributed by atoms with E-state index in [-0.39, 0.29) is 0 Å². The fraction of sp³-hybridized carbons (Fsp3) is 0.273. The van der Waals surface area contributed by atoms with Gasteiger partial charge in [-0.25, -0.2) is 18.3 Å². The molecule has 4 nitrogen and oxygen atoms in total. The third-order valence-corrected chi connectivity index (χ3v) is 4.33. The first kappa shape index (κ1) is 17.9. The molecule has 0 amide bonds. The van der Waals surface area contributed by atoms with Crippen LogP contribution in [-0.2, 0) is 19.5 Å². The average Bonchev–Trinajstić information content (AvgIpc) is 3.23. The summed E-state index contributed by atoms with van der Waals surface area (Å²) in [6.45, 7) is 13.9. The second-order valence-corrected chi connectivity index (χ2v) is 7.19. The molecule has 0 fully saturated rings. The molecule has 3 aromatic rings. The van der Waals surface area contributed by atoms with Crippen molar-refractivity contribution in [3.8, 4) is 0 Å². The summed E-state index contributed by atoms with van der Waals surface area (Å²) in [7, 11) is 0. The van der Waals surface area contributed by atoms with E-state index in [1.807, 2.05) is 21.5 Å². The van der Waals surface area contributed by atoms with Crippen LogP contribution in [0.2, 0.25) is 0 Å². The topological polar surface area (TPSA) is 17.6 Å². The fourth-order valence-corrected chi connectivity index (χ4v) is 3.26. The molecule has 0 N–H and O–H groups in total. The van der Waals surface area contributed by atoms with Crippen molar-refractivity contribution < 1.29 is 9.13 Å². The maximum Gasteiger partial charge on any atom is 0.248 e. The van der Waals surface area contributed by atoms with Crippen LogP contribution in [0.25, 0.3) is 12.4 Å². The zero-order valence-corrected chi connectivity index (χ0v) is 15.8. The molecule has 0 aliphatic rings. The first-order valence-electron chi connectivity index (χ1n) is 9.05. The van der Waals surface area contributed by atoms with E-state index in [9.17, 15) is 0 Å². The molecule has 134 valence electrons. The van der Waals surface area contributed by atoms with E-state index >= 15 is 0 Å². The van der Waals surface area contributed by atoms with E-state index in [4.69, 9.17) is 0 Å². The summed E-state index contributed by atoms with van der Waals surface area (Å²) < 4.78 is 8.29. The average molecular weight is 348 g/mol. The Morgan fingerprint density at radius 1 is 0.846 bits per heavy atom. The molecule has 3 rings (SSSR count). The van der Waals surface area contributed by atoms with Gasteiger partial charge in [0.15, 0.2) is 0 Å². The van der Waals surface area contributed by atoms with Crippen LogP contribution in [0, 0.1) is 5.92 Å². The number of imidazole rings is 2. The van der Waals surface area contributed by atoms with Crippen molar-refractivity contribution in [3.63, 3.8) is 0 Å². The second-order valence-electron chi connectivity index (χ2n) is 7.19. The van der Waals surface area contributed by atoms with E-state index in [0.717, 1.165) is 19.5 Å². The molecule has 0 radical (unpaired) electrons. The molecule has 0 aliphatic heterocycles. The van der Waals surface area contributed by atoms with E-state index in [1.54, 1.807) is 12.4 Å². The van der Waals surface area contributed by atoms with Crippen LogP contribution >= 0.6 is 0 Å². The number of benzene rings is 1. The fourth-order valence-electron chi connectivity index (χ4n) is 3.26. The predicted molar refractivity (Wildman–Crippen MR) is 105 cm³/mol. The van der Waals surface area contributed by atoms with Crippen LogP contribution in [0.3, 0.4) is 0 Å². The Balaban J connectivity index is 1.87. The molecule has 0 bridgehead atoms. The Kier molecular flexibility index (Phi) is 5.52. The molecule has 4 heteroatoms. The molecule has 2 heterocycles. The number of nitrogens with zero attached hydrogens (tertiary/aromatic N) is 4. The molecular weight excluding hydrogens is 320 g/mol. The van der Waals surface area contributed by atoms with Gasteiger partial charge in [0.2, 0.25) is 12.7 Å². The largest absolute Gasteiger partial charge is 0.248 e. The van der Waals surface area contributed by atoms with Gasteiger partial charge in [-0.05, 0) is 35.1 Å². The van der Waals surface area contributed by atoms with Gasteiger partial charge in [-0.15, -0.1) is 0 Å². The van der Waals surface area contributed by atoms with Gasteiger partial charge in [0.05, 0.1) is 12.4 Å². The Labute approximate surface area is 156 Å². The highest BCUT2D eigenvalue weighted by Gasteiger charge is 2.10. The summed E-state index contributed by atoms with van der Waals surface area (Å²) in [6, 6.07) is 6.98. The molecule has 26 heavy (non-hydrogen) atoms. The van der Waals surface area contributed by atoms with Gasteiger partial charge in [0.1, 0.15) is 37.9 Å². The van der Waals surface area contributed by atoms with Crippen molar-refractivity contribution in [3.05, 3.63) is 85.5 Å². The van der Waals surface area contributed by atoms with E-state index in [1.165, 1.54) is 16.7 Å². The lowest BCUT2D eigenvalue weighted by Crippen LogP contribution is -2.21. The van der Waals surface area contributed by atoms with Crippen molar-refractivity contribution in [1.82, 2.24) is 9.13 Å². The number of aromatic nitrogens is 4. The van der Waals surface area contributed by atoms with Gasteiger partial charge in [0, 0.05) is 0 Å². The molecule has 0 spiro atoms. The second kappa shape index (κ2) is 8.00. The van der Waals surface area contributed by atoms with Crippen molar-refractivity contribution in [2.24, 2.45) is 5.92 Å². The lowest BCUT2D eigenvalue weighted by Gasteiger charge is -2.10. The monoisotopic (exact) mass is 348 g/mol. The number of hydrogen-bond acceptors (Lipinski definition) is 0. The summed E-state index contributed by atoms with van der Waals surface area (Å²) in [6.07, 6.45) is 17.0. The summed E-state index contributed by atoms with van der Waals surface area (Å²) in [5.74, 6) is 0.641. The Bertz CT molecular complexity index is 832. The molecule has 0 aliphatic carbocycles. The lowest BCUT2D eigenvalue weighted by atomic mass is 9.98. The normalized spacial score (nSPS) is 11.0. The minimum atomic E-state index is 0.641. The van der Waals surface area contributed by atoms with E-state index in [2.05, 4.69) is 79.4 Å². The molecule has 0 unspecified atom stereocenters. The summed E-state index contributed by atoms with van der Waals surface area (Å²) in [5, 5.41) is 0. The quantitative estimate of drug-likeness (QED) is 0.556. The van der Waals surface area contributed by atoms with Crippen LogP contribution in [0.1, 0.15) is 30.5 Å². The minimum Gasteiger partial charge on any atom is -0.232 e. The van der Waals surface area contributed by atoms with Gasteiger partial charge in [-0.3, -0.25) is 0 Å². The maximum absolute atomic E-state index is 3.81. The lowest BCUT2D eigenvalue weighted by molar-refractivity contribution is -0.567. The smallest absolute Gasteiger partial charge is 0.232 e. The van der Waals surface area contributed by atoms with Gasteiger partial charge in [-0.1, -0.05) is 39.1 Å². The Morgan fingerprint density at radius 3 is 1.69 bits per heavy atom. The maximum atomic E-state index is 3.81. The van der Waals surface area contributed by atoms with Crippen LogP contribution in [0.4, 0.5) is 0 Å². The van der Waals surface area contributed by atoms with Crippen molar-refractivity contribution in [2.45, 2.75) is 33.4 Å². The van der Waals surface area contributed by atoms with Crippen LogP contribution in [0.5, 0.6) is 0 Å². The van der Waals surface area contributed by atoms with Crippen molar-refractivity contribution >= 4 is 12.4 Å². The highest BCUT2D eigenvalue weighted by atomic mass is 15.1. The highest BCUT2D eigenvalue weighted by Crippen LogP contribution is 2.16. The van der Waals surface area contributed by atoms with Crippen molar-refractivity contribution in [2.75, 3.05) is 0 Å². The zero-order chi connectivity index (χ0) is 18.5. The third-order valence-electron chi connectivity index (χ3n) is 4.33. The summed E-state index contributed by atoms with van der Waals surface area (Å²) >= 11 is 0. The third kappa shape index (κ3) is 4.60. The number of rotatable bonds is 8. The molecule has 0 saturated carbocycles. The first-order chi connectivity index (χ1) is 12.6. The highest BCUT2D eigenvalue weighted by molar-refractivity contribution is 5.31. The number of hydrogen-bond donors (Lipinski definition) is 0. The molecular formula is C22H28N4+2. The van der Waals surface area contributed by atoms with Crippen molar-refractivity contribution in [1.29, 1.82) is 0 Å². The first-order valence-corrected chi connectivity index (χ1v) is 9.05. The Morgan fingerprint density at radius 2 is 1.31 bits per heavy atom. The van der Waals surface area contributed by atoms with Gasteiger partial charge < -0.3 is 0 Å². The van der Waals surface area contributed by atoms with Gasteiger partial charge in [0.25, 0.3) is 0 Å². The van der Waals surface area contributed by atoms with Gasteiger partial charge in [-0.2, -0.15) is 0 Å². The summed E-state index contributed by atoms with van der Waals surface area (Å²) in [5.41, 5.74) is 4.06. The van der Waals surface area contributed by atoms with Gasteiger partial charge >= 0.3 is 0 Å². The molecule has 1 aromatic carbocycles. The molecule has 2 aromatic heterocycles. The SMILES string of the molecule is C=C[n+]1ccn(Cc2cc(CC(C)C)cc(Cn3cc[n+](C=C)c3)c2)c1. The van der Waals surface area contributed by atoms with Crippen LogP contribution in [0.15, 0.2) is 68.8 Å². The Hall–Kier alpha value is -2.88.